The van der Waals surface area contributed by atoms with E-state index in [1.807, 2.05) is 67.5 Å². The lowest BCUT2D eigenvalue weighted by Crippen LogP contribution is -2.35. The predicted molar refractivity (Wildman–Crippen MR) is 108 cm³/mol. The number of hydrogen-bond donors (Lipinski definition) is 1. The second kappa shape index (κ2) is 9.99. The van der Waals surface area contributed by atoms with Crippen molar-refractivity contribution in [1.29, 1.82) is 0 Å². The molecule has 3 rings (SSSR count). The van der Waals surface area contributed by atoms with Crippen molar-refractivity contribution in [2.24, 2.45) is 0 Å². The molecule has 0 saturated heterocycles. The van der Waals surface area contributed by atoms with E-state index in [4.69, 9.17) is 14.2 Å². The lowest BCUT2D eigenvalue weighted by Gasteiger charge is -2.27. The van der Waals surface area contributed by atoms with Crippen LogP contribution in [0, 0.1) is 0 Å². The Morgan fingerprint density at radius 1 is 1.18 bits per heavy atom. The van der Waals surface area contributed by atoms with E-state index in [1.54, 1.807) is 0 Å². The SMILES string of the molecule is CN(C)CCC(=O)NCCC1COc2ccc(OCc3ccccc3)cc2O1. The number of carbonyl (C=O) groups is 1. The number of rotatable bonds is 9. The first kappa shape index (κ1) is 20.0. The molecule has 0 saturated carbocycles. The van der Waals surface area contributed by atoms with Crippen molar-refractivity contribution in [3.8, 4) is 17.2 Å². The fourth-order valence-corrected chi connectivity index (χ4v) is 2.86. The molecule has 1 unspecified atom stereocenters. The average Bonchev–Trinajstić information content (AvgIpc) is 2.71. The highest BCUT2D eigenvalue weighted by molar-refractivity contribution is 5.76. The number of carbonyl (C=O) groups excluding carboxylic acids is 1. The second-order valence-corrected chi connectivity index (χ2v) is 7.13. The highest BCUT2D eigenvalue weighted by Crippen LogP contribution is 2.35. The third-order valence-corrected chi connectivity index (χ3v) is 4.46. The summed E-state index contributed by atoms with van der Waals surface area (Å²) in [5.41, 5.74) is 1.11. The molecule has 1 aliphatic rings. The van der Waals surface area contributed by atoms with Crippen LogP contribution in [-0.2, 0) is 11.4 Å². The molecular formula is C22H28N2O4. The highest BCUT2D eigenvalue weighted by Gasteiger charge is 2.21. The predicted octanol–water partition coefficient (Wildman–Crippen LogP) is 2.86. The summed E-state index contributed by atoms with van der Waals surface area (Å²) in [6.07, 6.45) is 1.10. The van der Waals surface area contributed by atoms with Crippen LogP contribution in [0.2, 0.25) is 0 Å². The number of fused-ring (bicyclic) bond motifs is 1. The van der Waals surface area contributed by atoms with Crippen molar-refractivity contribution in [2.45, 2.75) is 25.6 Å². The molecule has 0 bridgehead atoms. The van der Waals surface area contributed by atoms with Crippen LogP contribution in [0.3, 0.4) is 0 Å². The van der Waals surface area contributed by atoms with E-state index in [0.29, 0.717) is 38.3 Å². The maximum atomic E-state index is 11.8. The van der Waals surface area contributed by atoms with Crippen molar-refractivity contribution >= 4 is 5.91 Å². The maximum Gasteiger partial charge on any atom is 0.221 e. The molecule has 0 spiro atoms. The van der Waals surface area contributed by atoms with Gasteiger partial charge < -0.3 is 24.4 Å². The van der Waals surface area contributed by atoms with Crippen molar-refractivity contribution in [2.75, 3.05) is 33.8 Å². The van der Waals surface area contributed by atoms with Gasteiger partial charge in [0, 0.05) is 32.0 Å². The van der Waals surface area contributed by atoms with Gasteiger partial charge in [0.25, 0.3) is 0 Å². The maximum absolute atomic E-state index is 11.8. The molecule has 0 aromatic heterocycles. The van der Waals surface area contributed by atoms with Crippen molar-refractivity contribution in [1.82, 2.24) is 10.2 Å². The average molecular weight is 384 g/mol. The molecule has 150 valence electrons. The van der Waals surface area contributed by atoms with E-state index in [2.05, 4.69) is 5.32 Å². The second-order valence-electron chi connectivity index (χ2n) is 7.13. The van der Waals surface area contributed by atoms with E-state index >= 15 is 0 Å². The minimum Gasteiger partial charge on any atom is -0.489 e. The molecular weight excluding hydrogens is 356 g/mol. The Balaban J connectivity index is 1.46. The molecule has 1 atom stereocenters. The third-order valence-electron chi connectivity index (χ3n) is 4.46. The van der Waals surface area contributed by atoms with Gasteiger partial charge in [0.1, 0.15) is 25.1 Å². The first-order valence-corrected chi connectivity index (χ1v) is 9.62. The Morgan fingerprint density at radius 2 is 2.00 bits per heavy atom. The minimum atomic E-state index is -0.0916. The normalized spacial score (nSPS) is 15.3. The molecule has 6 heteroatoms. The minimum absolute atomic E-state index is 0.0578. The van der Waals surface area contributed by atoms with E-state index in [0.717, 1.165) is 23.6 Å². The van der Waals surface area contributed by atoms with Crippen LogP contribution >= 0.6 is 0 Å². The van der Waals surface area contributed by atoms with Crippen LogP contribution < -0.4 is 19.5 Å². The zero-order chi connectivity index (χ0) is 19.8. The third kappa shape index (κ3) is 6.16. The van der Waals surface area contributed by atoms with Crippen LogP contribution in [0.4, 0.5) is 0 Å². The summed E-state index contributed by atoms with van der Waals surface area (Å²) in [7, 11) is 3.91. The summed E-state index contributed by atoms with van der Waals surface area (Å²) >= 11 is 0. The van der Waals surface area contributed by atoms with Gasteiger partial charge in [-0.25, -0.2) is 0 Å². The van der Waals surface area contributed by atoms with Gasteiger partial charge in [0.2, 0.25) is 5.91 Å². The van der Waals surface area contributed by atoms with Gasteiger partial charge in [0.05, 0.1) is 0 Å². The van der Waals surface area contributed by atoms with Crippen molar-refractivity contribution < 1.29 is 19.0 Å². The lowest BCUT2D eigenvalue weighted by molar-refractivity contribution is -0.121. The van der Waals surface area contributed by atoms with Gasteiger partial charge in [0.15, 0.2) is 11.5 Å². The Hall–Kier alpha value is -2.73. The van der Waals surface area contributed by atoms with E-state index in [1.165, 1.54) is 0 Å². The van der Waals surface area contributed by atoms with E-state index < -0.39 is 0 Å². The molecule has 1 N–H and O–H groups in total. The number of ether oxygens (including phenoxy) is 3. The number of nitrogens with one attached hydrogen (secondary N) is 1. The topological polar surface area (TPSA) is 60.0 Å². The Morgan fingerprint density at radius 3 is 2.79 bits per heavy atom. The number of hydrogen-bond acceptors (Lipinski definition) is 5. The van der Waals surface area contributed by atoms with Crippen LogP contribution in [0.25, 0.3) is 0 Å². The van der Waals surface area contributed by atoms with Gasteiger partial charge in [-0.15, -0.1) is 0 Å². The molecule has 28 heavy (non-hydrogen) atoms. The quantitative estimate of drug-likeness (QED) is 0.720. The largest absolute Gasteiger partial charge is 0.489 e. The van der Waals surface area contributed by atoms with Gasteiger partial charge in [-0.2, -0.15) is 0 Å². The molecule has 1 aliphatic heterocycles. The lowest BCUT2D eigenvalue weighted by atomic mass is 10.2. The smallest absolute Gasteiger partial charge is 0.221 e. The standard InChI is InChI=1S/C22H28N2O4/c1-24(2)13-11-22(25)23-12-10-19-16-27-20-9-8-18(14-21(20)28-19)26-15-17-6-4-3-5-7-17/h3-9,14,19H,10-13,15-16H2,1-2H3,(H,23,25). The first-order valence-electron chi connectivity index (χ1n) is 9.62. The summed E-state index contributed by atoms with van der Waals surface area (Å²) < 4.78 is 17.7. The zero-order valence-corrected chi connectivity index (χ0v) is 16.5. The fourth-order valence-electron chi connectivity index (χ4n) is 2.86. The van der Waals surface area contributed by atoms with E-state index in [9.17, 15) is 4.79 Å². The molecule has 2 aromatic carbocycles. The van der Waals surface area contributed by atoms with Crippen LogP contribution in [0.1, 0.15) is 18.4 Å². The van der Waals surface area contributed by atoms with Crippen molar-refractivity contribution in [3.63, 3.8) is 0 Å². The number of benzene rings is 2. The number of nitrogens with zero attached hydrogens (tertiary/aromatic N) is 1. The summed E-state index contributed by atoms with van der Waals surface area (Å²) in [6.45, 7) is 2.29. The van der Waals surface area contributed by atoms with Crippen LogP contribution in [-0.4, -0.2) is 50.7 Å². The molecule has 1 amide bonds. The summed E-state index contributed by atoms with van der Waals surface area (Å²) in [6, 6.07) is 15.6. The summed E-state index contributed by atoms with van der Waals surface area (Å²) in [5.74, 6) is 2.20. The summed E-state index contributed by atoms with van der Waals surface area (Å²) in [5, 5.41) is 2.93. The molecule has 2 aromatic rings. The van der Waals surface area contributed by atoms with Crippen molar-refractivity contribution in [3.05, 3.63) is 54.1 Å². The zero-order valence-electron chi connectivity index (χ0n) is 16.5. The Bertz CT molecular complexity index is 764. The van der Waals surface area contributed by atoms with E-state index in [-0.39, 0.29) is 12.0 Å². The van der Waals surface area contributed by atoms with Gasteiger partial charge >= 0.3 is 0 Å². The van der Waals surface area contributed by atoms with Crippen LogP contribution in [0.5, 0.6) is 17.2 Å². The molecule has 0 aliphatic carbocycles. The Labute approximate surface area is 166 Å². The monoisotopic (exact) mass is 384 g/mol. The van der Waals surface area contributed by atoms with Gasteiger partial charge in [-0.05, 0) is 31.8 Å². The highest BCUT2D eigenvalue weighted by atomic mass is 16.6. The van der Waals surface area contributed by atoms with Gasteiger partial charge in [-0.3, -0.25) is 4.79 Å². The first-order chi connectivity index (χ1) is 13.6. The molecule has 1 heterocycles. The molecule has 0 fully saturated rings. The molecule has 6 nitrogen and oxygen atoms in total. The number of amides is 1. The molecule has 0 radical (unpaired) electrons. The van der Waals surface area contributed by atoms with Gasteiger partial charge in [-0.1, -0.05) is 30.3 Å². The summed E-state index contributed by atoms with van der Waals surface area (Å²) in [4.78, 5) is 13.8. The fraction of sp³-hybridized carbons (Fsp3) is 0.409. The Kier molecular flexibility index (Phi) is 7.14. The van der Waals surface area contributed by atoms with Crippen LogP contribution in [0.15, 0.2) is 48.5 Å².